The molecule has 9 heteroatoms. The van der Waals surface area contributed by atoms with Crippen molar-refractivity contribution in [3.05, 3.63) is 28.8 Å². The van der Waals surface area contributed by atoms with Crippen molar-refractivity contribution >= 4 is 23.3 Å². The average molecular weight is 341 g/mol. The van der Waals surface area contributed by atoms with E-state index < -0.39 is 17.8 Å². The second-order valence-corrected chi connectivity index (χ2v) is 4.67. The fourth-order valence-corrected chi connectivity index (χ4v) is 1.73. The zero-order valence-corrected chi connectivity index (χ0v) is 12.3. The Morgan fingerprint density at radius 3 is 2.64 bits per heavy atom. The molecule has 0 saturated heterocycles. The number of aliphatic hydroxyl groups excluding tert-OH is 1. The van der Waals surface area contributed by atoms with Crippen molar-refractivity contribution in [2.75, 3.05) is 31.7 Å². The minimum absolute atomic E-state index is 0.0691. The van der Waals surface area contributed by atoms with Gasteiger partial charge in [0.25, 0.3) is 0 Å². The summed E-state index contributed by atoms with van der Waals surface area (Å²) in [6, 6.07) is 2.10. The number of alkyl halides is 3. The van der Waals surface area contributed by atoms with Gasteiger partial charge in [0.1, 0.15) is 0 Å². The Balaban J connectivity index is 2.41. The second-order valence-electron chi connectivity index (χ2n) is 4.26. The summed E-state index contributed by atoms with van der Waals surface area (Å²) in [6.07, 6.45) is -3.95. The van der Waals surface area contributed by atoms with Crippen molar-refractivity contribution in [2.24, 2.45) is 0 Å². The number of nitrogens with one attached hydrogen (secondary N) is 2. The topological polar surface area (TPSA) is 70.6 Å². The number of aliphatic hydroxyl groups is 1. The number of anilines is 1. The number of urea groups is 1. The van der Waals surface area contributed by atoms with E-state index in [9.17, 15) is 18.0 Å². The second kappa shape index (κ2) is 8.82. The van der Waals surface area contributed by atoms with Gasteiger partial charge in [0, 0.05) is 13.2 Å². The monoisotopic (exact) mass is 340 g/mol. The summed E-state index contributed by atoms with van der Waals surface area (Å²) in [7, 11) is 0. The molecule has 124 valence electrons. The fraction of sp³-hybridized carbons (Fsp3) is 0.462. The molecule has 0 unspecified atom stereocenters. The smallest absolute Gasteiger partial charge is 0.394 e. The highest BCUT2D eigenvalue weighted by Crippen LogP contribution is 2.33. The SMILES string of the molecule is O=C(NCCCOCCO)Nc1ccc(C(F)(F)F)cc1Cl. The normalized spacial score (nSPS) is 11.3. The third kappa shape index (κ3) is 6.50. The van der Waals surface area contributed by atoms with E-state index in [0.717, 1.165) is 18.2 Å². The van der Waals surface area contributed by atoms with Crippen molar-refractivity contribution in [2.45, 2.75) is 12.6 Å². The van der Waals surface area contributed by atoms with Gasteiger partial charge in [-0.2, -0.15) is 13.2 Å². The highest BCUT2D eigenvalue weighted by Gasteiger charge is 2.30. The lowest BCUT2D eigenvalue weighted by atomic mass is 10.2. The number of hydrogen-bond acceptors (Lipinski definition) is 3. The number of carbonyl (C=O) groups excluding carboxylic acids is 1. The molecular formula is C13H16ClF3N2O3. The van der Waals surface area contributed by atoms with Crippen LogP contribution in [0.5, 0.6) is 0 Å². The first-order chi connectivity index (χ1) is 10.3. The summed E-state index contributed by atoms with van der Waals surface area (Å²) in [5.41, 5.74) is -0.798. The van der Waals surface area contributed by atoms with Gasteiger partial charge in [0.2, 0.25) is 0 Å². The molecule has 0 saturated carbocycles. The molecule has 0 aliphatic heterocycles. The molecule has 0 radical (unpaired) electrons. The maximum Gasteiger partial charge on any atom is 0.416 e. The minimum atomic E-state index is -4.49. The van der Waals surface area contributed by atoms with Crippen LogP contribution in [0, 0.1) is 0 Å². The standard InChI is InChI=1S/C13H16ClF3N2O3/c14-10-8-9(13(15,16)17)2-3-11(10)19-12(21)18-4-1-6-22-7-5-20/h2-3,8,20H,1,4-7H2,(H2,18,19,21). The molecule has 0 spiro atoms. The molecule has 3 N–H and O–H groups in total. The summed E-state index contributed by atoms with van der Waals surface area (Å²) in [6.45, 7) is 0.852. The molecule has 0 aliphatic carbocycles. The van der Waals surface area contributed by atoms with E-state index in [2.05, 4.69) is 10.6 Å². The number of amides is 2. The Bertz CT molecular complexity index is 498. The largest absolute Gasteiger partial charge is 0.416 e. The van der Waals surface area contributed by atoms with Crippen molar-refractivity contribution in [3.63, 3.8) is 0 Å². The molecule has 0 heterocycles. The van der Waals surface area contributed by atoms with Crippen molar-refractivity contribution in [1.29, 1.82) is 0 Å². The number of benzene rings is 1. The molecule has 2 amide bonds. The molecule has 0 atom stereocenters. The summed E-state index contributed by atoms with van der Waals surface area (Å²) in [5.74, 6) is 0. The average Bonchev–Trinajstić information content (AvgIpc) is 2.43. The van der Waals surface area contributed by atoms with Crippen LogP contribution in [0.15, 0.2) is 18.2 Å². The minimum Gasteiger partial charge on any atom is -0.394 e. The van der Waals surface area contributed by atoms with Crippen molar-refractivity contribution < 1.29 is 27.8 Å². The molecule has 1 aromatic carbocycles. The fourth-order valence-electron chi connectivity index (χ4n) is 1.50. The Labute approximate surface area is 130 Å². The third-order valence-electron chi connectivity index (χ3n) is 2.53. The first kappa shape index (κ1) is 18.5. The van der Waals surface area contributed by atoms with Gasteiger partial charge in [-0.25, -0.2) is 4.79 Å². The van der Waals surface area contributed by atoms with Gasteiger partial charge in [0.05, 0.1) is 29.5 Å². The Morgan fingerprint density at radius 2 is 2.05 bits per heavy atom. The van der Waals surface area contributed by atoms with E-state index in [0.29, 0.717) is 19.6 Å². The Morgan fingerprint density at radius 1 is 1.32 bits per heavy atom. The van der Waals surface area contributed by atoms with E-state index in [1.54, 1.807) is 0 Å². The van der Waals surface area contributed by atoms with Crippen LogP contribution < -0.4 is 10.6 Å². The van der Waals surface area contributed by atoms with Crippen LogP contribution in [0.4, 0.5) is 23.7 Å². The van der Waals surface area contributed by atoms with Gasteiger partial charge in [-0.1, -0.05) is 11.6 Å². The number of carbonyl (C=O) groups is 1. The highest BCUT2D eigenvalue weighted by molar-refractivity contribution is 6.33. The van der Waals surface area contributed by atoms with Crippen LogP contribution in [0.1, 0.15) is 12.0 Å². The van der Waals surface area contributed by atoms with Gasteiger partial charge in [0.15, 0.2) is 0 Å². The van der Waals surface area contributed by atoms with E-state index >= 15 is 0 Å². The molecule has 1 rings (SSSR count). The van der Waals surface area contributed by atoms with Crippen LogP contribution in [0.3, 0.4) is 0 Å². The first-order valence-electron chi connectivity index (χ1n) is 6.45. The van der Waals surface area contributed by atoms with Gasteiger partial charge >= 0.3 is 12.2 Å². The molecule has 0 fully saturated rings. The zero-order chi connectivity index (χ0) is 16.6. The van der Waals surface area contributed by atoms with Gasteiger partial charge in [-0.15, -0.1) is 0 Å². The van der Waals surface area contributed by atoms with Gasteiger partial charge in [-0.05, 0) is 24.6 Å². The first-order valence-corrected chi connectivity index (χ1v) is 6.82. The Hall–Kier alpha value is -1.51. The van der Waals surface area contributed by atoms with E-state index in [4.69, 9.17) is 21.4 Å². The lowest BCUT2D eigenvalue weighted by Gasteiger charge is -2.11. The van der Waals surface area contributed by atoms with E-state index in [1.165, 1.54) is 0 Å². The lowest BCUT2D eigenvalue weighted by Crippen LogP contribution is -2.30. The predicted octanol–water partition coefficient (Wildman–Crippen LogP) is 2.88. The quantitative estimate of drug-likeness (QED) is 0.668. The van der Waals surface area contributed by atoms with Crippen LogP contribution in [-0.2, 0) is 10.9 Å². The molecule has 5 nitrogen and oxygen atoms in total. The van der Waals surface area contributed by atoms with Crippen LogP contribution in [-0.4, -0.2) is 37.5 Å². The number of ether oxygens (including phenoxy) is 1. The summed E-state index contributed by atoms with van der Waals surface area (Å²) >= 11 is 5.71. The number of rotatable bonds is 7. The molecule has 22 heavy (non-hydrogen) atoms. The van der Waals surface area contributed by atoms with E-state index in [-0.39, 0.29) is 23.9 Å². The molecule has 0 aromatic heterocycles. The maximum absolute atomic E-state index is 12.5. The van der Waals surface area contributed by atoms with Gasteiger partial charge < -0.3 is 20.5 Å². The summed E-state index contributed by atoms with van der Waals surface area (Å²) < 4.78 is 42.4. The zero-order valence-electron chi connectivity index (χ0n) is 11.5. The van der Waals surface area contributed by atoms with Crippen LogP contribution in [0.25, 0.3) is 0 Å². The lowest BCUT2D eigenvalue weighted by molar-refractivity contribution is -0.137. The Kier molecular flexibility index (Phi) is 7.43. The summed E-state index contributed by atoms with van der Waals surface area (Å²) in [4.78, 5) is 11.6. The van der Waals surface area contributed by atoms with Gasteiger partial charge in [-0.3, -0.25) is 0 Å². The van der Waals surface area contributed by atoms with Crippen molar-refractivity contribution in [1.82, 2.24) is 5.32 Å². The molecule has 0 bridgehead atoms. The van der Waals surface area contributed by atoms with Crippen molar-refractivity contribution in [3.8, 4) is 0 Å². The van der Waals surface area contributed by atoms with Crippen LogP contribution in [0.2, 0.25) is 5.02 Å². The predicted molar refractivity (Wildman–Crippen MR) is 76.0 cm³/mol. The summed E-state index contributed by atoms with van der Waals surface area (Å²) in [5, 5.41) is 13.2. The molecular weight excluding hydrogens is 325 g/mol. The molecule has 1 aromatic rings. The highest BCUT2D eigenvalue weighted by atomic mass is 35.5. The van der Waals surface area contributed by atoms with E-state index in [1.807, 2.05) is 0 Å². The molecule has 0 aliphatic rings. The third-order valence-corrected chi connectivity index (χ3v) is 2.84. The maximum atomic E-state index is 12.5. The number of halogens is 4. The number of hydrogen-bond donors (Lipinski definition) is 3. The van der Waals surface area contributed by atoms with Crippen LogP contribution >= 0.6 is 11.6 Å².